The average molecular weight is 375 g/mol. The molecule has 1 unspecified atom stereocenters. The van der Waals surface area contributed by atoms with E-state index in [1.165, 1.54) is 0 Å². The smallest absolute Gasteiger partial charge is 0.227 e. The van der Waals surface area contributed by atoms with Crippen LogP contribution in [0.15, 0.2) is 42.5 Å². The van der Waals surface area contributed by atoms with Crippen molar-refractivity contribution in [2.24, 2.45) is 0 Å². The summed E-state index contributed by atoms with van der Waals surface area (Å²) in [5.74, 6) is 1.46. The van der Waals surface area contributed by atoms with Gasteiger partial charge in [-0.3, -0.25) is 4.79 Å². The van der Waals surface area contributed by atoms with Crippen LogP contribution in [0.2, 0.25) is 5.02 Å². The fraction of sp³-hybridized carbons (Fsp3) is 0.350. The highest BCUT2D eigenvalue weighted by Crippen LogP contribution is 2.28. The van der Waals surface area contributed by atoms with E-state index in [0.29, 0.717) is 29.6 Å². The number of halogens is 1. The molecule has 138 valence electrons. The lowest BCUT2D eigenvalue weighted by Crippen LogP contribution is -2.49. The second kappa shape index (κ2) is 8.43. The third kappa shape index (κ3) is 4.11. The van der Waals surface area contributed by atoms with Gasteiger partial charge in [0, 0.05) is 30.2 Å². The topological polar surface area (TPSA) is 50.8 Å². The Morgan fingerprint density at radius 1 is 1.23 bits per heavy atom. The van der Waals surface area contributed by atoms with E-state index >= 15 is 0 Å². The van der Waals surface area contributed by atoms with E-state index in [1.807, 2.05) is 47.4 Å². The predicted molar refractivity (Wildman–Crippen MR) is 102 cm³/mol. The largest absolute Gasteiger partial charge is 0.497 e. The van der Waals surface area contributed by atoms with Crippen LogP contribution in [-0.4, -0.2) is 44.7 Å². The van der Waals surface area contributed by atoms with Crippen LogP contribution in [0, 0.1) is 0 Å². The fourth-order valence-electron chi connectivity index (χ4n) is 3.30. The molecule has 6 heteroatoms. The lowest BCUT2D eigenvalue weighted by molar-refractivity contribution is -0.133. The van der Waals surface area contributed by atoms with Crippen LogP contribution in [0.4, 0.5) is 0 Å². The Morgan fingerprint density at radius 3 is 2.81 bits per heavy atom. The lowest BCUT2D eigenvalue weighted by Gasteiger charge is -2.37. The minimum absolute atomic E-state index is 0.0356. The Labute approximate surface area is 158 Å². The first-order chi connectivity index (χ1) is 12.6. The van der Waals surface area contributed by atoms with Gasteiger partial charge in [-0.2, -0.15) is 0 Å². The molecule has 0 bridgehead atoms. The summed E-state index contributed by atoms with van der Waals surface area (Å²) >= 11 is 6.14. The molecule has 0 radical (unpaired) electrons. The van der Waals surface area contributed by atoms with Gasteiger partial charge in [0.15, 0.2) is 0 Å². The van der Waals surface area contributed by atoms with Gasteiger partial charge in [-0.1, -0.05) is 23.7 Å². The maximum atomic E-state index is 13.1. The number of nitrogens with zero attached hydrogens (tertiary/aromatic N) is 1. The van der Waals surface area contributed by atoms with Crippen molar-refractivity contribution < 1.29 is 14.3 Å². The number of ether oxygens (including phenoxy) is 2. The van der Waals surface area contributed by atoms with Gasteiger partial charge in [0.25, 0.3) is 0 Å². The molecule has 1 fully saturated rings. The molecule has 1 amide bonds. The summed E-state index contributed by atoms with van der Waals surface area (Å²) in [6.45, 7) is 2.14. The van der Waals surface area contributed by atoms with E-state index in [4.69, 9.17) is 21.1 Å². The van der Waals surface area contributed by atoms with Crippen LogP contribution in [0.3, 0.4) is 0 Å². The second-order valence-electron chi connectivity index (χ2n) is 6.22. The van der Waals surface area contributed by atoms with Crippen molar-refractivity contribution in [2.45, 2.75) is 12.5 Å². The van der Waals surface area contributed by atoms with Crippen molar-refractivity contribution in [1.29, 1.82) is 0 Å². The monoisotopic (exact) mass is 374 g/mol. The maximum Gasteiger partial charge on any atom is 0.227 e. The highest BCUT2D eigenvalue weighted by Gasteiger charge is 2.28. The average Bonchev–Trinajstić information content (AvgIpc) is 2.68. The third-order valence-corrected chi connectivity index (χ3v) is 4.86. The van der Waals surface area contributed by atoms with Gasteiger partial charge in [0.1, 0.15) is 11.5 Å². The van der Waals surface area contributed by atoms with Crippen LogP contribution < -0.4 is 14.8 Å². The number of hydrogen-bond donors (Lipinski definition) is 1. The highest BCUT2D eigenvalue weighted by molar-refractivity contribution is 6.30. The Morgan fingerprint density at radius 2 is 2.08 bits per heavy atom. The molecule has 2 aromatic carbocycles. The SMILES string of the molecule is COc1ccc(OC)c(CC(=O)N2CCNCC2c2cccc(Cl)c2)c1. The van der Waals surface area contributed by atoms with Crippen molar-refractivity contribution in [3.8, 4) is 11.5 Å². The highest BCUT2D eigenvalue weighted by atomic mass is 35.5. The first kappa shape index (κ1) is 18.5. The number of benzene rings is 2. The molecule has 5 nitrogen and oxygen atoms in total. The molecule has 1 atom stereocenters. The molecule has 0 aromatic heterocycles. The van der Waals surface area contributed by atoms with Crippen LogP contribution in [0.25, 0.3) is 0 Å². The van der Waals surface area contributed by atoms with Crippen LogP contribution in [-0.2, 0) is 11.2 Å². The number of methoxy groups -OCH3 is 2. The van der Waals surface area contributed by atoms with Gasteiger partial charge in [0.05, 0.1) is 26.7 Å². The Hall–Kier alpha value is -2.24. The molecule has 0 saturated carbocycles. The van der Waals surface area contributed by atoms with Gasteiger partial charge in [-0.05, 0) is 35.9 Å². The van der Waals surface area contributed by atoms with Crippen LogP contribution in [0.5, 0.6) is 11.5 Å². The van der Waals surface area contributed by atoms with Gasteiger partial charge in [-0.25, -0.2) is 0 Å². The first-order valence-electron chi connectivity index (χ1n) is 8.59. The number of hydrogen-bond acceptors (Lipinski definition) is 4. The minimum atomic E-state index is -0.0356. The zero-order chi connectivity index (χ0) is 18.5. The summed E-state index contributed by atoms with van der Waals surface area (Å²) in [6, 6.07) is 13.2. The number of carbonyl (C=O) groups excluding carboxylic acids is 1. The van der Waals surface area contributed by atoms with E-state index in [-0.39, 0.29) is 18.4 Å². The van der Waals surface area contributed by atoms with Crippen LogP contribution in [0.1, 0.15) is 17.2 Å². The summed E-state index contributed by atoms with van der Waals surface area (Å²) in [5.41, 5.74) is 1.86. The Bertz CT molecular complexity index is 781. The van der Waals surface area contributed by atoms with E-state index in [0.717, 1.165) is 17.7 Å². The van der Waals surface area contributed by atoms with E-state index < -0.39 is 0 Å². The molecular formula is C20H23ClN2O3. The fourth-order valence-corrected chi connectivity index (χ4v) is 3.50. The summed E-state index contributed by atoms with van der Waals surface area (Å²) in [6.07, 6.45) is 0.261. The molecule has 0 aliphatic carbocycles. The van der Waals surface area contributed by atoms with E-state index in [1.54, 1.807) is 14.2 Å². The third-order valence-electron chi connectivity index (χ3n) is 4.63. The molecule has 2 aromatic rings. The zero-order valence-corrected chi connectivity index (χ0v) is 15.8. The van der Waals surface area contributed by atoms with Crippen molar-refractivity contribution in [3.05, 3.63) is 58.6 Å². The first-order valence-corrected chi connectivity index (χ1v) is 8.96. The van der Waals surface area contributed by atoms with Gasteiger partial charge in [-0.15, -0.1) is 0 Å². The molecular weight excluding hydrogens is 352 g/mol. The Kier molecular flexibility index (Phi) is 6.01. The Balaban J connectivity index is 1.83. The van der Waals surface area contributed by atoms with E-state index in [2.05, 4.69) is 5.32 Å². The molecule has 1 aliphatic rings. The summed E-state index contributed by atoms with van der Waals surface area (Å²) in [7, 11) is 3.22. The van der Waals surface area contributed by atoms with Gasteiger partial charge in [0.2, 0.25) is 5.91 Å². The lowest BCUT2D eigenvalue weighted by atomic mass is 10.0. The van der Waals surface area contributed by atoms with Gasteiger partial charge < -0.3 is 19.7 Å². The summed E-state index contributed by atoms with van der Waals surface area (Å²) < 4.78 is 10.7. The predicted octanol–water partition coefficient (Wildman–Crippen LogP) is 3.07. The molecule has 1 saturated heterocycles. The number of amides is 1. The molecule has 26 heavy (non-hydrogen) atoms. The molecule has 1 heterocycles. The molecule has 0 spiro atoms. The molecule has 1 N–H and O–H groups in total. The van der Waals surface area contributed by atoms with Crippen molar-refractivity contribution >= 4 is 17.5 Å². The van der Waals surface area contributed by atoms with Gasteiger partial charge >= 0.3 is 0 Å². The summed E-state index contributed by atoms with van der Waals surface area (Å²) in [5, 5.41) is 4.04. The summed E-state index contributed by atoms with van der Waals surface area (Å²) in [4.78, 5) is 15.0. The van der Waals surface area contributed by atoms with Crippen LogP contribution >= 0.6 is 11.6 Å². The maximum absolute atomic E-state index is 13.1. The quantitative estimate of drug-likeness (QED) is 0.873. The van der Waals surface area contributed by atoms with Crippen molar-refractivity contribution in [1.82, 2.24) is 10.2 Å². The number of rotatable bonds is 5. The minimum Gasteiger partial charge on any atom is -0.497 e. The molecule has 1 aliphatic heterocycles. The molecule has 3 rings (SSSR count). The number of piperazine rings is 1. The van der Waals surface area contributed by atoms with E-state index in [9.17, 15) is 4.79 Å². The second-order valence-corrected chi connectivity index (χ2v) is 6.65. The normalized spacial score (nSPS) is 17.0. The number of carbonyl (C=O) groups is 1. The van der Waals surface area contributed by atoms with Crippen molar-refractivity contribution in [3.63, 3.8) is 0 Å². The number of nitrogens with one attached hydrogen (secondary N) is 1. The standard InChI is InChI=1S/C20H23ClN2O3/c1-25-17-6-7-19(26-2)15(11-17)12-20(24)23-9-8-22-13-18(23)14-4-3-5-16(21)10-14/h3-7,10-11,18,22H,8-9,12-13H2,1-2H3. The van der Waals surface area contributed by atoms with Crippen molar-refractivity contribution in [2.75, 3.05) is 33.9 Å². The zero-order valence-electron chi connectivity index (χ0n) is 15.0.